The summed E-state index contributed by atoms with van der Waals surface area (Å²) >= 11 is 0. The van der Waals surface area contributed by atoms with Crippen LogP contribution < -0.4 is 10.1 Å². The Hall–Kier alpha value is -4.06. The van der Waals surface area contributed by atoms with Crippen LogP contribution in [-0.4, -0.2) is 27.2 Å². The fourth-order valence-electron chi connectivity index (χ4n) is 4.91. The molecule has 0 fully saturated rings. The van der Waals surface area contributed by atoms with Crippen LogP contribution in [0.1, 0.15) is 85.9 Å². The van der Waals surface area contributed by atoms with E-state index in [-0.39, 0.29) is 17.4 Å². The summed E-state index contributed by atoms with van der Waals surface area (Å²) in [6, 6.07) is 21.7. The summed E-state index contributed by atoms with van der Waals surface area (Å²) in [5, 5.41) is 13.7. The van der Waals surface area contributed by atoms with Gasteiger partial charge in [-0.2, -0.15) is 0 Å². The highest BCUT2D eigenvalue weighted by molar-refractivity contribution is 5.99. The van der Waals surface area contributed by atoms with Crippen molar-refractivity contribution in [1.82, 2.24) is 9.88 Å². The van der Waals surface area contributed by atoms with E-state index in [2.05, 4.69) is 55.8 Å². The van der Waals surface area contributed by atoms with Gasteiger partial charge in [-0.05, 0) is 86.1 Å². The molecule has 6 nitrogen and oxygen atoms in total. The molecule has 0 aliphatic carbocycles. The van der Waals surface area contributed by atoms with Gasteiger partial charge >= 0.3 is 5.97 Å². The number of ether oxygens (including phenoxy) is 1. The van der Waals surface area contributed by atoms with Gasteiger partial charge in [0, 0.05) is 29.2 Å². The van der Waals surface area contributed by atoms with Crippen molar-refractivity contribution < 1.29 is 19.4 Å². The number of benzene rings is 3. The van der Waals surface area contributed by atoms with E-state index in [1.165, 1.54) is 19.4 Å². The first-order valence-corrected chi connectivity index (χ1v) is 13.7. The van der Waals surface area contributed by atoms with Gasteiger partial charge in [0.25, 0.3) is 5.91 Å². The van der Waals surface area contributed by atoms with E-state index in [1.54, 1.807) is 6.07 Å². The number of hydrogen-bond acceptors (Lipinski definition) is 3. The summed E-state index contributed by atoms with van der Waals surface area (Å²) < 4.78 is 7.86. The number of amides is 1. The van der Waals surface area contributed by atoms with Gasteiger partial charge in [-0.1, -0.05) is 63.2 Å². The second kappa shape index (κ2) is 10.8. The topological polar surface area (TPSA) is 80.6 Å². The van der Waals surface area contributed by atoms with E-state index < -0.39 is 11.6 Å². The zero-order valence-corrected chi connectivity index (χ0v) is 24.8. The molecule has 0 spiro atoms. The molecule has 1 atom stereocenters. The lowest BCUT2D eigenvalue weighted by Gasteiger charge is -2.22. The van der Waals surface area contributed by atoms with Gasteiger partial charge in [0.05, 0.1) is 6.04 Å². The minimum atomic E-state index is -1.32. The largest absolute Gasteiger partial charge is 0.478 e. The van der Waals surface area contributed by atoms with E-state index in [1.807, 2.05) is 56.4 Å². The number of carbonyl (C=O) groups is 2. The third kappa shape index (κ3) is 6.06. The van der Waals surface area contributed by atoms with Gasteiger partial charge < -0.3 is 19.7 Å². The van der Waals surface area contributed by atoms with Crippen molar-refractivity contribution in [2.75, 3.05) is 0 Å². The lowest BCUT2D eigenvalue weighted by Crippen LogP contribution is -2.37. The highest BCUT2D eigenvalue weighted by Gasteiger charge is 2.29. The van der Waals surface area contributed by atoms with E-state index in [0.717, 1.165) is 33.3 Å². The number of carbonyl (C=O) groups excluding carboxylic acids is 1. The number of aryl methyl sites for hydroxylation is 1. The van der Waals surface area contributed by atoms with Crippen LogP contribution in [0, 0.1) is 6.92 Å². The van der Waals surface area contributed by atoms with Crippen molar-refractivity contribution in [3.63, 3.8) is 0 Å². The highest BCUT2D eigenvalue weighted by Crippen LogP contribution is 2.30. The van der Waals surface area contributed by atoms with Crippen molar-refractivity contribution in [2.24, 2.45) is 7.05 Å². The number of nitrogens with zero attached hydrogens (tertiary/aromatic N) is 1. The lowest BCUT2D eigenvalue weighted by atomic mass is 9.85. The SMILES string of the molecule is Cc1c(Cc2cccc(OC(C)(C)C(=O)O)c2)c2ccc(C(=O)N[C@H](C)c3cccc(C(C)(C)C)c3)cc2n1C. The van der Waals surface area contributed by atoms with Crippen LogP contribution in [-0.2, 0) is 23.7 Å². The van der Waals surface area contributed by atoms with Crippen LogP contribution in [0.5, 0.6) is 5.75 Å². The van der Waals surface area contributed by atoms with Gasteiger partial charge in [0.15, 0.2) is 5.60 Å². The van der Waals surface area contributed by atoms with Crippen molar-refractivity contribution in [3.05, 3.63) is 100 Å². The molecule has 1 heterocycles. The Kier molecular flexibility index (Phi) is 7.84. The van der Waals surface area contributed by atoms with Gasteiger partial charge in [-0.25, -0.2) is 4.79 Å². The first-order chi connectivity index (χ1) is 18.7. The fraction of sp³-hybridized carbons (Fsp3) is 0.353. The number of carboxylic acids is 1. The Balaban J connectivity index is 1.57. The minimum absolute atomic E-state index is 0.0380. The number of carboxylic acid groups (broad SMARTS) is 1. The van der Waals surface area contributed by atoms with E-state index in [4.69, 9.17) is 4.74 Å². The lowest BCUT2D eigenvalue weighted by molar-refractivity contribution is -0.152. The molecule has 1 amide bonds. The molecule has 40 heavy (non-hydrogen) atoms. The second-order valence-electron chi connectivity index (χ2n) is 12.2. The molecule has 3 aromatic carbocycles. The van der Waals surface area contributed by atoms with Crippen LogP contribution in [0.2, 0.25) is 0 Å². The summed E-state index contributed by atoms with van der Waals surface area (Å²) in [6.07, 6.45) is 0.653. The third-order valence-corrected chi connectivity index (χ3v) is 7.65. The maximum absolute atomic E-state index is 13.3. The molecule has 0 aliphatic heterocycles. The summed E-state index contributed by atoms with van der Waals surface area (Å²) in [6.45, 7) is 13.7. The molecule has 0 radical (unpaired) electrons. The van der Waals surface area contributed by atoms with E-state index in [9.17, 15) is 14.7 Å². The first kappa shape index (κ1) is 28.9. The third-order valence-electron chi connectivity index (χ3n) is 7.65. The summed E-state index contributed by atoms with van der Waals surface area (Å²) in [7, 11) is 2.01. The van der Waals surface area contributed by atoms with Gasteiger partial charge in [0.2, 0.25) is 0 Å². The van der Waals surface area contributed by atoms with Crippen LogP contribution in [0.3, 0.4) is 0 Å². The summed E-state index contributed by atoms with van der Waals surface area (Å²) in [5.74, 6) is -0.610. The summed E-state index contributed by atoms with van der Waals surface area (Å²) in [4.78, 5) is 24.8. The molecule has 6 heteroatoms. The number of aliphatic carboxylic acids is 1. The van der Waals surface area contributed by atoms with Crippen LogP contribution in [0.25, 0.3) is 10.9 Å². The number of fused-ring (bicyclic) bond motifs is 1. The molecule has 210 valence electrons. The Labute approximate surface area is 237 Å². The molecule has 4 aromatic rings. The Morgan fingerprint density at radius 2 is 1.68 bits per heavy atom. The summed E-state index contributed by atoms with van der Waals surface area (Å²) in [5.41, 5.74) is 5.92. The maximum atomic E-state index is 13.3. The van der Waals surface area contributed by atoms with Crippen molar-refractivity contribution >= 4 is 22.8 Å². The van der Waals surface area contributed by atoms with Crippen molar-refractivity contribution in [2.45, 2.75) is 71.9 Å². The van der Waals surface area contributed by atoms with Crippen molar-refractivity contribution in [3.8, 4) is 5.75 Å². The molecule has 0 bridgehead atoms. The van der Waals surface area contributed by atoms with Crippen LogP contribution in [0.15, 0.2) is 66.7 Å². The standard InChI is InChI=1S/C34H40N2O4/c1-21(24-12-10-13-26(19-24)33(3,4)5)35-31(37)25-15-16-28-29(22(2)36(8)30(28)20-25)18-23-11-9-14-27(17-23)40-34(6,7)32(38)39/h9-17,19-21H,18H2,1-8H3,(H,35,37)(H,38,39)/t21-/m1/s1. The number of nitrogens with one attached hydrogen (secondary N) is 1. The Morgan fingerprint density at radius 3 is 2.35 bits per heavy atom. The number of hydrogen-bond donors (Lipinski definition) is 2. The molecular formula is C34H40N2O4. The van der Waals surface area contributed by atoms with Gasteiger partial charge in [-0.15, -0.1) is 0 Å². The molecule has 2 N–H and O–H groups in total. The van der Waals surface area contributed by atoms with Crippen molar-refractivity contribution in [1.29, 1.82) is 0 Å². The predicted molar refractivity (Wildman–Crippen MR) is 160 cm³/mol. The molecule has 0 saturated carbocycles. The Bertz CT molecular complexity index is 1570. The molecule has 1 aromatic heterocycles. The second-order valence-corrected chi connectivity index (χ2v) is 12.2. The van der Waals surface area contributed by atoms with Gasteiger partial charge in [0.1, 0.15) is 5.75 Å². The van der Waals surface area contributed by atoms with Gasteiger partial charge in [-0.3, -0.25) is 4.79 Å². The monoisotopic (exact) mass is 540 g/mol. The Morgan fingerprint density at radius 1 is 0.975 bits per heavy atom. The van der Waals surface area contributed by atoms with E-state index in [0.29, 0.717) is 17.7 Å². The maximum Gasteiger partial charge on any atom is 0.347 e. The number of aromatic nitrogens is 1. The highest BCUT2D eigenvalue weighted by atomic mass is 16.5. The fourth-order valence-corrected chi connectivity index (χ4v) is 4.91. The molecule has 4 rings (SSSR count). The molecule has 0 unspecified atom stereocenters. The molecule has 0 aliphatic rings. The average molecular weight is 541 g/mol. The molecule has 0 saturated heterocycles. The van der Waals surface area contributed by atoms with E-state index >= 15 is 0 Å². The number of rotatable bonds is 8. The minimum Gasteiger partial charge on any atom is -0.478 e. The normalized spacial score (nSPS) is 12.8. The first-order valence-electron chi connectivity index (χ1n) is 13.7. The zero-order valence-electron chi connectivity index (χ0n) is 24.8. The zero-order chi connectivity index (χ0) is 29.4. The molecular weight excluding hydrogens is 500 g/mol. The van der Waals surface area contributed by atoms with Crippen LogP contribution >= 0.6 is 0 Å². The quantitative estimate of drug-likeness (QED) is 0.250. The predicted octanol–water partition coefficient (Wildman–Crippen LogP) is 7.11. The van der Waals surface area contributed by atoms with Crippen LogP contribution in [0.4, 0.5) is 0 Å². The smallest absolute Gasteiger partial charge is 0.347 e. The average Bonchev–Trinajstić information content (AvgIpc) is 3.12.